The predicted molar refractivity (Wildman–Crippen MR) is 51.3 cm³/mol. The minimum atomic E-state index is -0.386. The van der Waals surface area contributed by atoms with Crippen molar-refractivity contribution in [2.24, 2.45) is 0 Å². The molecule has 0 aliphatic carbocycles. The number of carbonyl (C=O) groups excluding carboxylic acids is 1. The van der Waals surface area contributed by atoms with Gasteiger partial charge in [-0.2, -0.15) is 0 Å². The Balaban J connectivity index is 3.00. The highest BCUT2D eigenvalue weighted by molar-refractivity contribution is 5.75. The highest BCUT2D eigenvalue weighted by Crippen LogP contribution is 2.20. The summed E-state index contributed by atoms with van der Waals surface area (Å²) in [5, 5.41) is 0. The summed E-state index contributed by atoms with van der Waals surface area (Å²) >= 11 is 0. The van der Waals surface area contributed by atoms with E-state index in [1.807, 2.05) is 0 Å². The van der Waals surface area contributed by atoms with Crippen LogP contribution in [0.25, 0.3) is 0 Å². The van der Waals surface area contributed by atoms with Crippen LogP contribution in [0.2, 0.25) is 0 Å². The molecule has 0 bridgehead atoms. The molecular formula is C10H12FNO2. The second-order valence-corrected chi connectivity index (χ2v) is 3.00. The number of halogens is 1. The Morgan fingerprint density at radius 1 is 1.57 bits per heavy atom. The van der Waals surface area contributed by atoms with Gasteiger partial charge in [-0.15, -0.1) is 0 Å². The first kappa shape index (κ1) is 10.5. The van der Waals surface area contributed by atoms with Crippen LogP contribution in [0, 0.1) is 12.7 Å². The van der Waals surface area contributed by atoms with Gasteiger partial charge in [-0.05, 0) is 18.6 Å². The van der Waals surface area contributed by atoms with Crippen LogP contribution in [0.1, 0.15) is 11.1 Å². The van der Waals surface area contributed by atoms with Crippen molar-refractivity contribution < 1.29 is 13.9 Å². The number of nitrogens with two attached hydrogens (primary N) is 1. The minimum absolute atomic E-state index is 0.0729. The van der Waals surface area contributed by atoms with Gasteiger partial charge in [0.2, 0.25) is 0 Å². The molecule has 2 N–H and O–H groups in total. The van der Waals surface area contributed by atoms with E-state index in [4.69, 9.17) is 5.73 Å². The van der Waals surface area contributed by atoms with Crippen molar-refractivity contribution in [1.82, 2.24) is 0 Å². The van der Waals surface area contributed by atoms with Crippen molar-refractivity contribution in [3.05, 3.63) is 29.1 Å². The van der Waals surface area contributed by atoms with E-state index in [1.165, 1.54) is 19.2 Å². The molecule has 0 saturated heterocycles. The molecule has 14 heavy (non-hydrogen) atoms. The molecule has 0 aromatic heterocycles. The van der Waals surface area contributed by atoms with E-state index in [-0.39, 0.29) is 18.2 Å². The third-order valence-corrected chi connectivity index (χ3v) is 2.10. The van der Waals surface area contributed by atoms with Gasteiger partial charge in [0.1, 0.15) is 5.82 Å². The summed E-state index contributed by atoms with van der Waals surface area (Å²) in [4.78, 5) is 11.0. The van der Waals surface area contributed by atoms with Crippen LogP contribution in [-0.2, 0) is 16.0 Å². The van der Waals surface area contributed by atoms with E-state index >= 15 is 0 Å². The van der Waals surface area contributed by atoms with Crippen LogP contribution < -0.4 is 5.73 Å². The van der Waals surface area contributed by atoms with Crippen LogP contribution in [0.15, 0.2) is 12.1 Å². The molecular weight excluding hydrogens is 185 g/mol. The SMILES string of the molecule is COC(=O)Cc1ccc(F)c(C)c1N. The van der Waals surface area contributed by atoms with Crippen molar-refractivity contribution in [3.8, 4) is 0 Å². The third kappa shape index (κ3) is 2.02. The summed E-state index contributed by atoms with van der Waals surface area (Å²) in [6.07, 6.45) is 0.0729. The Bertz CT molecular complexity index is 363. The highest BCUT2D eigenvalue weighted by Gasteiger charge is 2.10. The maximum atomic E-state index is 13.0. The number of hydrogen-bond acceptors (Lipinski definition) is 3. The van der Waals surface area contributed by atoms with Crippen LogP contribution >= 0.6 is 0 Å². The maximum absolute atomic E-state index is 13.0. The van der Waals surface area contributed by atoms with Crippen LogP contribution in [-0.4, -0.2) is 13.1 Å². The van der Waals surface area contributed by atoms with Gasteiger partial charge >= 0.3 is 5.97 Å². The molecule has 0 aliphatic heterocycles. The molecule has 0 unspecified atom stereocenters. The van der Waals surface area contributed by atoms with Crippen molar-refractivity contribution in [2.45, 2.75) is 13.3 Å². The lowest BCUT2D eigenvalue weighted by Crippen LogP contribution is -2.08. The van der Waals surface area contributed by atoms with Crippen molar-refractivity contribution >= 4 is 11.7 Å². The minimum Gasteiger partial charge on any atom is -0.469 e. The highest BCUT2D eigenvalue weighted by atomic mass is 19.1. The first-order valence-corrected chi connectivity index (χ1v) is 4.16. The van der Waals surface area contributed by atoms with E-state index in [0.717, 1.165) is 0 Å². The Morgan fingerprint density at radius 2 is 2.21 bits per heavy atom. The topological polar surface area (TPSA) is 52.3 Å². The number of methoxy groups -OCH3 is 1. The number of esters is 1. The van der Waals surface area contributed by atoms with Crippen molar-refractivity contribution in [3.63, 3.8) is 0 Å². The average molecular weight is 197 g/mol. The fraction of sp³-hybridized carbons (Fsp3) is 0.300. The summed E-state index contributed by atoms with van der Waals surface area (Å²) in [7, 11) is 1.30. The standard InChI is InChI=1S/C10H12FNO2/c1-6-8(11)4-3-7(10(6)12)5-9(13)14-2/h3-4H,5,12H2,1-2H3. The zero-order valence-corrected chi connectivity index (χ0v) is 8.13. The lowest BCUT2D eigenvalue weighted by Gasteiger charge is -2.07. The summed E-state index contributed by atoms with van der Waals surface area (Å²) in [5.41, 5.74) is 6.91. The lowest BCUT2D eigenvalue weighted by molar-refractivity contribution is -0.139. The van der Waals surface area contributed by atoms with Crippen molar-refractivity contribution in [2.75, 3.05) is 12.8 Å². The first-order chi connectivity index (χ1) is 6.56. The average Bonchev–Trinajstić information content (AvgIpc) is 2.19. The molecule has 76 valence electrons. The van der Waals surface area contributed by atoms with E-state index in [2.05, 4.69) is 4.74 Å². The molecule has 1 rings (SSSR count). The van der Waals surface area contributed by atoms with Crippen LogP contribution in [0.5, 0.6) is 0 Å². The van der Waals surface area contributed by atoms with Crippen LogP contribution in [0.3, 0.4) is 0 Å². The summed E-state index contributed by atoms with van der Waals surface area (Å²) in [6.45, 7) is 1.57. The van der Waals surface area contributed by atoms with Gasteiger partial charge in [-0.3, -0.25) is 4.79 Å². The smallest absolute Gasteiger partial charge is 0.310 e. The number of benzene rings is 1. The molecule has 4 heteroatoms. The molecule has 0 heterocycles. The number of carbonyl (C=O) groups is 1. The maximum Gasteiger partial charge on any atom is 0.310 e. The Kier molecular flexibility index (Phi) is 3.06. The molecule has 0 amide bonds. The van der Waals surface area contributed by atoms with Gasteiger partial charge in [0.15, 0.2) is 0 Å². The Labute approximate surface area is 81.7 Å². The summed E-state index contributed by atoms with van der Waals surface area (Å²) in [5.74, 6) is -0.751. The van der Waals surface area contributed by atoms with Gasteiger partial charge in [0.05, 0.1) is 13.5 Å². The van der Waals surface area contributed by atoms with E-state index in [1.54, 1.807) is 6.92 Å². The predicted octanol–water partition coefficient (Wildman–Crippen LogP) is 1.43. The lowest BCUT2D eigenvalue weighted by atomic mass is 10.1. The van der Waals surface area contributed by atoms with Gasteiger partial charge < -0.3 is 10.5 Å². The molecule has 0 spiro atoms. The number of ether oxygens (including phenoxy) is 1. The molecule has 0 radical (unpaired) electrons. The Morgan fingerprint density at radius 3 is 2.79 bits per heavy atom. The fourth-order valence-electron chi connectivity index (χ4n) is 1.14. The van der Waals surface area contributed by atoms with Gasteiger partial charge in [-0.25, -0.2) is 4.39 Å². The van der Waals surface area contributed by atoms with Crippen LogP contribution in [0.4, 0.5) is 10.1 Å². The molecule has 1 aromatic rings. The summed E-state index contributed by atoms with van der Waals surface area (Å²) in [6, 6.07) is 2.79. The molecule has 3 nitrogen and oxygen atoms in total. The monoisotopic (exact) mass is 197 g/mol. The van der Waals surface area contributed by atoms with Crippen molar-refractivity contribution in [1.29, 1.82) is 0 Å². The number of anilines is 1. The van der Waals surface area contributed by atoms with E-state index < -0.39 is 0 Å². The molecule has 0 atom stereocenters. The quantitative estimate of drug-likeness (QED) is 0.576. The fourth-order valence-corrected chi connectivity index (χ4v) is 1.14. The molecule has 0 saturated carbocycles. The molecule has 0 fully saturated rings. The van der Waals surface area contributed by atoms with E-state index in [9.17, 15) is 9.18 Å². The first-order valence-electron chi connectivity index (χ1n) is 4.16. The number of nitrogen functional groups attached to an aromatic ring is 1. The largest absolute Gasteiger partial charge is 0.469 e. The van der Waals surface area contributed by atoms with Gasteiger partial charge in [-0.1, -0.05) is 6.07 Å². The molecule has 1 aromatic carbocycles. The third-order valence-electron chi connectivity index (χ3n) is 2.10. The Hall–Kier alpha value is -1.58. The zero-order valence-electron chi connectivity index (χ0n) is 8.13. The normalized spacial score (nSPS) is 9.93. The zero-order chi connectivity index (χ0) is 10.7. The number of hydrogen-bond donors (Lipinski definition) is 1. The van der Waals surface area contributed by atoms with Gasteiger partial charge in [0.25, 0.3) is 0 Å². The van der Waals surface area contributed by atoms with Gasteiger partial charge in [0, 0.05) is 11.3 Å². The second kappa shape index (κ2) is 4.09. The number of rotatable bonds is 2. The van der Waals surface area contributed by atoms with E-state index in [0.29, 0.717) is 16.8 Å². The second-order valence-electron chi connectivity index (χ2n) is 3.00. The molecule has 0 aliphatic rings. The summed E-state index contributed by atoms with van der Waals surface area (Å²) < 4.78 is 17.5.